The molecular formula is C19H13N3O2Se. The van der Waals surface area contributed by atoms with Gasteiger partial charge in [0.15, 0.2) is 0 Å². The molecule has 2 aromatic carbocycles. The van der Waals surface area contributed by atoms with Crippen molar-refractivity contribution in [3.63, 3.8) is 0 Å². The summed E-state index contributed by atoms with van der Waals surface area (Å²) < 4.78 is 6.26. The summed E-state index contributed by atoms with van der Waals surface area (Å²) in [5.41, 5.74) is 5.81. The van der Waals surface area contributed by atoms with Gasteiger partial charge < -0.3 is 0 Å². The minimum absolute atomic E-state index is 0.0938. The molecule has 0 fully saturated rings. The molecule has 5 nitrogen and oxygen atoms in total. The van der Waals surface area contributed by atoms with Crippen LogP contribution in [-0.2, 0) is 0 Å². The molecule has 2 heterocycles. The zero-order valence-corrected chi connectivity index (χ0v) is 14.8. The Bertz CT molecular complexity index is 1100. The Balaban J connectivity index is 1.53. The fourth-order valence-electron chi connectivity index (χ4n) is 2.41. The summed E-state index contributed by atoms with van der Waals surface area (Å²) in [7, 11) is 0. The van der Waals surface area contributed by atoms with E-state index in [0.717, 1.165) is 15.9 Å². The van der Waals surface area contributed by atoms with Gasteiger partial charge in [0.1, 0.15) is 0 Å². The number of benzene rings is 2. The molecule has 1 N–H and O–H groups in total. The maximum absolute atomic E-state index is 12.4. The molecule has 0 bridgehead atoms. The number of hydrogen-bond donors (Lipinski definition) is 1. The van der Waals surface area contributed by atoms with E-state index in [2.05, 4.69) is 20.5 Å². The Morgan fingerprint density at radius 1 is 1.08 bits per heavy atom. The first kappa shape index (κ1) is 15.6. The molecular weight excluding hydrogens is 381 g/mol. The molecule has 4 aromatic rings. The summed E-state index contributed by atoms with van der Waals surface area (Å²) >= 11 is 0.0938. The van der Waals surface area contributed by atoms with Crippen molar-refractivity contribution in [2.45, 2.75) is 0 Å². The SMILES string of the molecule is O=c1c(/C=N/Nc2nc(-c3ccccc3)c[se]2)coc2ccccc12. The van der Waals surface area contributed by atoms with Crippen LogP contribution in [0.4, 0.5) is 4.69 Å². The number of anilines is 1. The van der Waals surface area contributed by atoms with Crippen LogP contribution in [0.2, 0.25) is 0 Å². The first-order valence-corrected chi connectivity index (χ1v) is 9.46. The van der Waals surface area contributed by atoms with E-state index in [4.69, 9.17) is 4.42 Å². The van der Waals surface area contributed by atoms with Crippen molar-refractivity contribution in [3.05, 3.63) is 81.6 Å². The molecule has 4 rings (SSSR count). The Morgan fingerprint density at radius 2 is 1.88 bits per heavy atom. The van der Waals surface area contributed by atoms with Crippen molar-refractivity contribution in [1.29, 1.82) is 0 Å². The van der Waals surface area contributed by atoms with Crippen molar-refractivity contribution in [3.8, 4) is 11.3 Å². The van der Waals surface area contributed by atoms with Crippen LogP contribution in [0.1, 0.15) is 5.56 Å². The van der Waals surface area contributed by atoms with E-state index < -0.39 is 0 Å². The van der Waals surface area contributed by atoms with E-state index in [1.165, 1.54) is 12.5 Å². The number of nitrogens with one attached hydrogen (secondary N) is 1. The number of nitrogens with zero attached hydrogens (tertiary/aromatic N) is 2. The molecule has 122 valence electrons. The van der Waals surface area contributed by atoms with E-state index in [1.807, 2.05) is 42.5 Å². The number of hydrogen-bond acceptors (Lipinski definition) is 5. The van der Waals surface area contributed by atoms with Gasteiger partial charge in [-0.25, -0.2) is 0 Å². The molecule has 0 saturated heterocycles. The van der Waals surface area contributed by atoms with Crippen LogP contribution in [0.3, 0.4) is 0 Å². The number of fused-ring (bicyclic) bond motifs is 1. The van der Waals surface area contributed by atoms with Gasteiger partial charge in [0.25, 0.3) is 0 Å². The summed E-state index contributed by atoms with van der Waals surface area (Å²) in [6, 6.07) is 17.2. The van der Waals surface area contributed by atoms with Crippen LogP contribution < -0.4 is 10.9 Å². The van der Waals surface area contributed by atoms with Crippen LogP contribution in [0.25, 0.3) is 22.2 Å². The zero-order chi connectivity index (χ0) is 17.1. The quantitative estimate of drug-likeness (QED) is 0.328. The van der Waals surface area contributed by atoms with Crippen LogP contribution in [-0.4, -0.2) is 25.7 Å². The number of hydrazone groups is 1. The second kappa shape index (κ2) is 6.89. The van der Waals surface area contributed by atoms with Crippen molar-refractivity contribution in [2.75, 3.05) is 5.43 Å². The molecule has 0 aliphatic rings. The summed E-state index contributed by atoms with van der Waals surface area (Å²) in [5, 5.41) is 4.68. The molecule has 0 aliphatic carbocycles. The molecule has 2 aromatic heterocycles. The zero-order valence-electron chi connectivity index (χ0n) is 13.0. The average molecular weight is 394 g/mol. The fourth-order valence-corrected chi connectivity index (χ4v) is 3.81. The molecule has 25 heavy (non-hydrogen) atoms. The molecule has 0 aliphatic heterocycles. The van der Waals surface area contributed by atoms with Gasteiger partial charge in [0.05, 0.1) is 0 Å². The number of para-hydroxylation sites is 1. The van der Waals surface area contributed by atoms with Gasteiger partial charge in [-0.1, -0.05) is 0 Å². The van der Waals surface area contributed by atoms with E-state index in [-0.39, 0.29) is 19.9 Å². The number of aromatic nitrogens is 1. The topological polar surface area (TPSA) is 67.5 Å². The summed E-state index contributed by atoms with van der Waals surface area (Å²) in [6.45, 7) is 0. The monoisotopic (exact) mass is 395 g/mol. The van der Waals surface area contributed by atoms with E-state index >= 15 is 0 Å². The molecule has 0 atom stereocenters. The third kappa shape index (κ3) is 3.31. The summed E-state index contributed by atoms with van der Waals surface area (Å²) in [6.07, 6.45) is 2.89. The van der Waals surface area contributed by atoms with E-state index in [9.17, 15) is 4.79 Å². The molecule has 6 heteroatoms. The average Bonchev–Trinajstić information content (AvgIpc) is 3.13. The van der Waals surface area contributed by atoms with Crippen molar-refractivity contribution in [2.24, 2.45) is 5.10 Å². The van der Waals surface area contributed by atoms with Crippen LogP contribution in [0.15, 0.2) is 80.1 Å². The standard InChI is InChI=1S/C19H13N3O2Se/c23-18-14(11-24-17-9-5-4-8-15(17)18)10-20-22-19-21-16(12-25-19)13-6-2-1-3-7-13/h1-12H,(H,21,22)/b20-10+. The van der Waals surface area contributed by atoms with Crippen LogP contribution >= 0.6 is 0 Å². The normalized spacial score (nSPS) is 11.2. The molecule has 0 spiro atoms. The Morgan fingerprint density at radius 3 is 2.76 bits per heavy atom. The van der Waals surface area contributed by atoms with Gasteiger partial charge in [-0.15, -0.1) is 0 Å². The Hall–Kier alpha value is -2.95. The first-order chi connectivity index (χ1) is 12.3. The predicted molar refractivity (Wildman–Crippen MR) is 100 cm³/mol. The minimum atomic E-state index is -0.102. The molecule has 0 unspecified atom stereocenters. The predicted octanol–water partition coefficient (Wildman–Crippen LogP) is 3.36. The Labute approximate surface area is 149 Å². The molecule has 0 amide bonds. The summed E-state index contributed by atoms with van der Waals surface area (Å²) in [5.74, 6) is 0. The first-order valence-electron chi connectivity index (χ1n) is 7.62. The molecule has 0 saturated carbocycles. The second-order valence-corrected chi connectivity index (χ2v) is 7.09. The van der Waals surface area contributed by atoms with Crippen molar-refractivity contribution in [1.82, 2.24) is 4.98 Å². The second-order valence-electron chi connectivity index (χ2n) is 5.29. The van der Waals surface area contributed by atoms with Crippen molar-refractivity contribution < 1.29 is 4.42 Å². The fraction of sp³-hybridized carbons (Fsp3) is 0. The Kier molecular flexibility index (Phi) is 4.29. The van der Waals surface area contributed by atoms with Crippen molar-refractivity contribution >= 4 is 36.4 Å². The van der Waals surface area contributed by atoms with Gasteiger partial charge in [0, 0.05) is 0 Å². The maximum atomic E-state index is 12.4. The van der Waals surface area contributed by atoms with E-state index in [1.54, 1.807) is 12.1 Å². The van der Waals surface area contributed by atoms with Gasteiger partial charge in [0.2, 0.25) is 0 Å². The summed E-state index contributed by atoms with van der Waals surface area (Å²) in [4.78, 5) is 19.0. The van der Waals surface area contributed by atoms with Crippen LogP contribution in [0.5, 0.6) is 0 Å². The third-order valence-electron chi connectivity index (χ3n) is 3.64. The van der Waals surface area contributed by atoms with Crippen LogP contribution in [0, 0.1) is 0 Å². The van der Waals surface area contributed by atoms with Gasteiger partial charge in [-0.3, -0.25) is 0 Å². The number of rotatable bonds is 4. The third-order valence-corrected chi connectivity index (χ3v) is 5.21. The van der Waals surface area contributed by atoms with E-state index in [0.29, 0.717) is 16.5 Å². The molecule has 0 radical (unpaired) electrons. The van der Waals surface area contributed by atoms with Gasteiger partial charge >= 0.3 is 149 Å². The van der Waals surface area contributed by atoms with Gasteiger partial charge in [-0.05, 0) is 0 Å². The van der Waals surface area contributed by atoms with Gasteiger partial charge in [-0.2, -0.15) is 0 Å².